The highest BCUT2D eigenvalue weighted by Crippen LogP contribution is 2.27. The van der Waals surface area contributed by atoms with E-state index in [1.54, 1.807) is 19.2 Å². The molecular formula is C21H30N2O6S. The number of hydrogen-bond acceptors (Lipinski definition) is 6. The van der Waals surface area contributed by atoms with Crippen LogP contribution in [0.2, 0.25) is 0 Å². The second-order valence-corrected chi connectivity index (χ2v) is 8.05. The topological polar surface area (TPSA) is 132 Å². The molecule has 0 aliphatic carbocycles. The van der Waals surface area contributed by atoms with Gasteiger partial charge in [-0.25, -0.2) is 0 Å². The highest BCUT2D eigenvalue weighted by Gasteiger charge is 2.04. The van der Waals surface area contributed by atoms with Gasteiger partial charge in [-0.05, 0) is 68.1 Å². The van der Waals surface area contributed by atoms with Gasteiger partial charge in [0.1, 0.15) is 11.6 Å². The van der Waals surface area contributed by atoms with E-state index in [9.17, 15) is 8.42 Å². The second kappa shape index (κ2) is 12.7. The summed E-state index contributed by atoms with van der Waals surface area (Å²) < 4.78 is 42.7. The fourth-order valence-corrected chi connectivity index (χ4v) is 2.38. The monoisotopic (exact) mass is 438 g/mol. The molecule has 0 saturated heterocycles. The fraction of sp³-hybridized carbons (Fsp3) is 0.381. The van der Waals surface area contributed by atoms with Crippen molar-refractivity contribution >= 4 is 16.0 Å². The van der Waals surface area contributed by atoms with E-state index in [2.05, 4.69) is 0 Å². The lowest BCUT2D eigenvalue weighted by molar-refractivity contribution is 0.270. The number of rotatable bonds is 10. The highest BCUT2D eigenvalue weighted by molar-refractivity contribution is 7.85. The molecule has 0 radical (unpaired) electrons. The lowest BCUT2D eigenvalue weighted by Crippen LogP contribution is -2.10. The fourth-order valence-electron chi connectivity index (χ4n) is 2.38. The molecule has 0 bridgehead atoms. The Hall–Kier alpha value is -2.78. The zero-order chi connectivity index (χ0) is 22.6. The molecule has 2 aromatic rings. The van der Waals surface area contributed by atoms with Crippen LogP contribution in [0.4, 0.5) is 0 Å². The van der Waals surface area contributed by atoms with Crippen molar-refractivity contribution in [1.29, 1.82) is 5.41 Å². The third-order valence-corrected chi connectivity index (χ3v) is 3.80. The summed E-state index contributed by atoms with van der Waals surface area (Å²) in [5, 5.41) is 7.35. The van der Waals surface area contributed by atoms with Gasteiger partial charge in [-0.2, -0.15) is 8.42 Å². The van der Waals surface area contributed by atoms with Gasteiger partial charge in [0.05, 0.1) is 26.6 Å². The van der Waals surface area contributed by atoms with Crippen LogP contribution in [-0.2, 0) is 10.1 Å². The summed E-state index contributed by atoms with van der Waals surface area (Å²) in [7, 11) is -2.02. The van der Waals surface area contributed by atoms with Crippen molar-refractivity contribution in [2.75, 3.05) is 26.6 Å². The minimum Gasteiger partial charge on any atom is -0.494 e. The first-order valence-corrected chi connectivity index (χ1v) is 11.2. The molecule has 8 nitrogen and oxygen atoms in total. The number of nitrogens with one attached hydrogen (secondary N) is 1. The van der Waals surface area contributed by atoms with E-state index < -0.39 is 10.1 Å². The molecule has 2 aromatic carbocycles. The van der Waals surface area contributed by atoms with Gasteiger partial charge in [0.25, 0.3) is 10.1 Å². The maximum atomic E-state index is 9.19. The Kier molecular flexibility index (Phi) is 10.7. The zero-order valence-corrected chi connectivity index (χ0v) is 18.4. The van der Waals surface area contributed by atoms with E-state index in [0.29, 0.717) is 25.0 Å². The molecule has 30 heavy (non-hydrogen) atoms. The molecule has 9 heteroatoms. The van der Waals surface area contributed by atoms with E-state index in [1.807, 2.05) is 37.3 Å². The van der Waals surface area contributed by atoms with Crippen molar-refractivity contribution in [1.82, 2.24) is 0 Å². The number of unbranched alkanes of at least 4 members (excludes halogenated alkanes) is 2. The number of ether oxygens (including phenoxy) is 3. The van der Waals surface area contributed by atoms with Gasteiger partial charge >= 0.3 is 0 Å². The first-order valence-electron chi connectivity index (χ1n) is 9.37. The third-order valence-electron chi connectivity index (χ3n) is 3.80. The maximum Gasteiger partial charge on any atom is 0.261 e. The van der Waals surface area contributed by atoms with Crippen molar-refractivity contribution in [3.05, 3.63) is 53.6 Å². The quantitative estimate of drug-likeness (QED) is 0.224. The summed E-state index contributed by atoms with van der Waals surface area (Å²) in [6.07, 6.45) is 3.67. The summed E-state index contributed by atoms with van der Waals surface area (Å²) in [4.78, 5) is 0. The molecule has 2 rings (SSSR count). The van der Waals surface area contributed by atoms with Crippen LogP contribution in [-0.4, -0.2) is 45.4 Å². The Morgan fingerprint density at radius 2 is 1.57 bits per heavy atom. The molecular weight excluding hydrogens is 408 g/mol. The molecule has 0 atom stereocenters. The van der Waals surface area contributed by atoms with Crippen LogP contribution in [0, 0.1) is 12.3 Å². The lowest BCUT2D eigenvalue weighted by atomic mass is 10.2. The van der Waals surface area contributed by atoms with Gasteiger partial charge in [0, 0.05) is 5.56 Å². The van der Waals surface area contributed by atoms with Crippen molar-refractivity contribution in [2.24, 2.45) is 5.73 Å². The Bertz CT molecular complexity index is 890. The van der Waals surface area contributed by atoms with Gasteiger partial charge in [0.15, 0.2) is 11.5 Å². The molecule has 0 saturated carbocycles. The predicted octanol–water partition coefficient (Wildman–Crippen LogP) is 3.42. The lowest BCUT2D eigenvalue weighted by Gasteiger charge is -2.11. The summed E-state index contributed by atoms with van der Waals surface area (Å²) in [6.45, 7) is 3.35. The van der Waals surface area contributed by atoms with E-state index >= 15 is 0 Å². The number of nitrogens with two attached hydrogens (primary N) is 1. The molecule has 0 aliphatic rings. The molecule has 0 spiro atoms. The maximum absolute atomic E-state index is 9.19. The SMILES string of the molecule is COc1ccc(C)cc1OCCCCCOc1ccc(C(=N)N)cc1.CS(=O)(=O)O. The van der Waals surface area contributed by atoms with Crippen LogP contribution in [0.15, 0.2) is 42.5 Å². The van der Waals surface area contributed by atoms with Gasteiger partial charge in [-0.1, -0.05) is 6.07 Å². The van der Waals surface area contributed by atoms with Crippen LogP contribution in [0.3, 0.4) is 0 Å². The van der Waals surface area contributed by atoms with E-state index in [4.69, 9.17) is 29.9 Å². The number of hydrogen-bond donors (Lipinski definition) is 3. The van der Waals surface area contributed by atoms with E-state index in [1.165, 1.54) is 0 Å². The van der Waals surface area contributed by atoms with Gasteiger partial charge in [-0.3, -0.25) is 9.96 Å². The molecule has 4 N–H and O–H groups in total. The number of benzene rings is 2. The van der Waals surface area contributed by atoms with Crippen molar-refractivity contribution in [2.45, 2.75) is 26.2 Å². The Morgan fingerprint density at radius 1 is 1.00 bits per heavy atom. The zero-order valence-electron chi connectivity index (χ0n) is 17.6. The van der Waals surface area contributed by atoms with Crippen LogP contribution in [0.25, 0.3) is 0 Å². The Morgan fingerprint density at radius 3 is 2.10 bits per heavy atom. The third kappa shape index (κ3) is 11.3. The van der Waals surface area contributed by atoms with Crippen molar-refractivity contribution in [3.63, 3.8) is 0 Å². The summed E-state index contributed by atoms with van der Waals surface area (Å²) in [5.41, 5.74) is 7.28. The first kappa shape index (κ1) is 25.3. The predicted molar refractivity (Wildman–Crippen MR) is 118 cm³/mol. The van der Waals surface area contributed by atoms with Crippen molar-refractivity contribution < 1.29 is 27.2 Å². The largest absolute Gasteiger partial charge is 0.494 e. The van der Waals surface area contributed by atoms with Gasteiger partial charge in [-0.15, -0.1) is 0 Å². The second-order valence-electron chi connectivity index (χ2n) is 6.58. The van der Waals surface area contributed by atoms with Gasteiger partial charge < -0.3 is 19.9 Å². The summed E-state index contributed by atoms with van der Waals surface area (Å²) in [5.74, 6) is 2.43. The molecule has 0 heterocycles. The average Bonchev–Trinajstić information content (AvgIpc) is 2.66. The first-order chi connectivity index (χ1) is 14.1. The van der Waals surface area contributed by atoms with Crippen LogP contribution in [0.5, 0.6) is 17.2 Å². The van der Waals surface area contributed by atoms with E-state index in [0.717, 1.165) is 42.1 Å². The van der Waals surface area contributed by atoms with Crippen LogP contribution < -0.4 is 19.9 Å². The standard InChI is InChI=1S/C20H26N2O3.CH4O3S/c1-15-6-11-18(23-2)19(14-15)25-13-5-3-4-12-24-17-9-7-16(8-10-17)20(21)22;1-5(2,3)4/h6-11,14H,3-5,12-13H2,1-2H3,(H3,21,22);1H3,(H,2,3,4). The molecule has 0 amide bonds. The molecule has 0 aromatic heterocycles. The molecule has 0 aliphatic heterocycles. The van der Waals surface area contributed by atoms with Crippen LogP contribution in [0.1, 0.15) is 30.4 Å². The Balaban J connectivity index is 0.000000804. The Labute approximate surface area is 178 Å². The number of methoxy groups -OCH3 is 1. The van der Waals surface area contributed by atoms with E-state index in [-0.39, 0.29) is 5.84 Å². The van der Waals surface area contributed by atoms with Gasteiger partial charge in [0.2, 0.25) is 0 Å². The molecule has 0 fully saturated rings. The minimum absolute atomic E-state index is 0.0665. The molecule has 166 valence electrons. The highest BCUT2D eigenvalue weighted by atomic mass is 32.2. The van der Waals surface area contributed by atoms with Crippen molar-refractivity contribution in [3.8, 4) is 17.2 Å². The number of aryl methyl sites for hydroxylation is 1. The summed E-state index contributed by atoms with van der Waals surface area (Å²) >= 11 is 0. The molecule has 0 unspecified atom stereocenters. The number of amidine groups is 1. The van der Waals surface area contributed by atoms with Crippen LogP contribution >= 0.6 is 0 Å². The number of nitrogen functional groups attached to an aromatic ring is 1. The minimum atomic E-state index is -3.67. The normalized spacial score (nSPS) is 10.5. The summed E-state index contributed by atoms with van der Waals surface area (Å²) in [6, 6.07) is 13.2. The average molecular weight is 439 g/mol. The smallest absolute Gasteiger partial charge is 0.261 e.